The van der Waals surface area contributed by atoms with E-state index in [1.54, 1.807) is 13.1 Å². The molecule has 1 heterocycles. The van der Waals surface area contributed by atoms with Crippen LogP contribution in [0.3, 0.4) is 0 Å². The van der Waals surface area contributed by atoms with Gasteiger partial charge in [-0.05, 0) is 29.8 Å². The molecule has 0 amide bonds. The van der Waals surface area contributed by atoms with Crippen LogP contribution in [0.5, 0.6) is 0 Å². The van der Waals surface area contributed by atoms with Crippen LogP contribution in [0.15, 0.2) is 36.4 Å². The van der Waals surface area contributed by atoms with Crippen molar-refractivity contribution in [2.45, 2.75) is 12.7 Å². The largest absolute Gasteiger partial charge is 0.416 e. The molecule has 7 heteroatoms. The van der Waals surface area contributed by atoms with Crippen LogP contribution in [0.1, 0.15) is 11.1 Å². The summed E-state index contributed by atoms with van der Waals surface area (Å²) >= 11 is 0. The fraction of sp³-hybridized carbons (Fsp3) is 0.214. The van der Waals surface area contributed by atoms with E-state index in [-0.39, 0.29) is 18.2 Å². The van der Waals surface area contributed by atoms with Crippen molar-refractivity contribution in [3.63, 3.8) is 0 Å². The highest BCUT2D eigenvalue weighted by Crippen LogP contribution is 2.32. The van der Waals surface area contributed by atoms with Crippen LogP contribution >= 0.6 is 0 Å². The molecule has 1 aromatic heterocycles. The van der Waals surface area contributed by atoms with Gasteiger partial charge in [-0.25, -0.2) is 9.37 Å². The lowest BCUT2D eigenvalue weighted by molar-refractivity contribution is -0.137. The van der Waals surface area contributed by atoms with E-state index in [0.717, 1.165) is 12.1 Å². The van der Waals surface area contributed by atoms with E-state index in [2.05, 4.69) is 4.98 Å². The third-order valence-corrected chi connectivity index (χ3v) is 2.86. The lowest BCUT2D eigenvalue weighted by Gasteiger charge is -2.20. The zero-order chi connectivity index (χ0) is 15.6. The van der Waals surface area contributed by atoms with Crippen LogP contribution in [0, 0.1) is 5.82 Å². The third-order valence-electron chi connectivity index (χ3n) is 2.86. The van der Waals surface area contributed by atoms with Gasteiger partial charge in [-0.3, -0.25) is 0 Å². The SMILES string of the molecule is CN(Cc1cccc(F)c1)c1cc(C(F)(F)F)cc(N)n1. The molecule has 0 spiro atoms. The van der Waals surface area contributed by atoms with Gasteiger partial charge >= 0.3 is 6.18 Å². The molecule has 0 saturated heterocycles. The van der Waals surface area contributed by atoms with Gasteiger partial charge in [-0.1, -0.05) is 12.1 Å². The number of aromatic nitrogens is 1. The van der Waals surface area contributed by atoms with Gasteiger partial charge in [0.05, 0.1) is 5.56 Å². The topological polar surface area (TPSA) is 42.1 Å². The number of benzene rings is 1. The van der Waals surface area contributed by atoms with E-state index in [1.807, 2.05) is 0 Å². The van der Waals surface area contributed by atoms with E-state index < -0.39 is 17.6 Å². The van der Waals surface area contributed by atoms with Crippen LogP contribution in [0.25, 0.3) is 0 Å². The third kappa shape index (κ3) is 3.84. The standard InChI is InChI=1S/C14H13F4N3/c1-21(8-9-3-2-4-11(15)5-9)13-7-10(14(16,17)18)6-12(19)20-13/h2-7H,8H2,1H3,(H2,19,20). The molecule has 0 saturated carbocycles. The van der Waals surface area contributed by atoms with E-state index in [1.165, 1.54) is 23.1 Å². The van der Waals surface area contributed by atoms with Gasteiger partial charge < -0.3 is 10.6 Å². The minimum Gasteiger partial charge on any atom is -0.384 e. The van der Waals surface area contributed by atoms with Gasteiger partial charge in [0, 0.05) is 13.6 Å². The molecule has 3 nitrogen and oxygen atoms in total. The normalized spacial score (nSPS) is 11.5. The molecule has 2 aromatic rings. The van der Waals surface area contributed by atoms with Crippen LogP contribution < -0.4 is 10.6 Å². The van der Waals surface area contributed by atoms with Crippen LogP contribution in [-0.2, 0) is 12.7 Å². The second-order valence-corrected chi connectivity index (χ2v) is 4.62. The molecule has 0 aliphatic heterocycles. The van der Waals surface area contributed by atoms with Gasteiger partial charge in [0.15, 0.2) is 0 Å². The maximum absolute atomic E-state index is 13.1. The second kappa shape index (κ2) is 5.59. The number of nitrogens with two attached hydrogens (primary N) is 1. The summed E-state index contributed by atoms with van der Waals surface area (Å²) in [5, 5.41) is 0. The Kier molecular flexibility index (Phi) is 4.02. The summed E-state index contributed by atoms with van der Waals surface area (Å²) in [5.74, 6) is -0.546. The molecule has 0 radical (unpaired) electrons. The van der Waals surface area contributed by atoms with E-state index in [4.69, 9.17) is 5.73 Å². The van der Waals surface area contributed by atoms with Crippen molar-refractivity contribution in [3.8, 4) is 0 Å². The Morgan fingerprint density at radius 2 is 1.90 bits per heavy atom. The Labute approximate surface area is 119 Å². The lowest BCUT2D eigenvalue weighted by Crippen LogP contribution is -2.19. The number of alkyl halides is 3. The molecule has 112 valence electrons. The van der Waals surface area contributed by atoms with E-state index >= 15 is 0 Å². The van der Waals surface area contributed by atoms with Crippen LogP contribution in [-0.4, -0.2) is 12.0 Å². The molecular formula is C14H13F4N3. The highest BCUT2D eigenvalue weighted by atomic mass is 19.4. The predicted molar refractivity (Wildman–Crippen MR) is 72.2 cm³/mol. The maximum Gasteiger partial charge on any atom is 0.416 e. The molecule has 0 bridgehead atoms. The average molecular weight is 299 g/mol. The molecule has 0 fully saturated rings. The summed E-state index contributed by atoms with van der Waals surface area (Å²) in [6, 6.07) is 7.51. The van der Waals surface area contributed by atoms with Crippen molar-refractivity contribution < 1.29 is 17.6 Å². The first-order valence-corrected chi connectivity index (χ1v) is 6.06. The lowest BCUT2D eigenvalue weighted by atomic mass is 10.2. The molecule has 1 aromatic carbocycles. The van der Waals surface area contributed by atoms with Crippen molar-refractivity contribution in [1.29, 1.82) is 0 Å². The number of nitrogen functional groups attached to an aromatic ring is 1. The molecule has 2 rings (SSSR count). The Bertz CT molecular complexity index is 640. The van der Waals surface area contributed by atoms with Gasteiger partial charge in [0.2, 0.25) is 0 Å². The first-order valence-electron chi connectivity index (χ1n) is 6.06. The molecule has 21 heavy (non-hydrogen) atoms. The highest BCUT2D eigenvalue weighted by Gasteiger charge is 2.31. The zero-order valence-corrected chi connectivity index (χ0v) is 11.2. The zero-order valence-electron chi connectivity index (χ0n) is 11.2. The van der Waals surface area contributed by atoms with Gasteiger partial charge in [0.1, 0.15) is 17.5 Å². The van der Waals surface area contributed by atoms with Gasteiger partial charge in [-0.2, -0.15) is 13.2 Å². The van der Waals surface area contributed by atoms with Crippen molar-refractivity contribution >= 4 is 11.6 Å². The van der Waals surface area contributed by atoms with Gasteiger partial charge in [-0.15, -0.1) is 0 Å². The van der Waals surface area contributed by atoms with Crippen molar-refractivity contribution in [2.75, 3.05) is 17.7 Å². The second-order valence-electron chi connectivity index (χ2n) is 4.62. The molecule has 0 aliphatic carbocycles. The number of rotatable bonds is 3. The van der Waals surface area contributed by atoms with Gasteiger partial charge in [0.25, 0.3) is 0 Å². The summed E-state index contributed by atoms with van der Waals surface area (Å²) < 4.78 is 51.3. The van der Waals surface area contributed by atoms with E-state index in [0.29, 0.717) is 5.56 Å². The summed E-state index contributed by atoms with van der Waals surface area (Å²) in [4.78, 5) is 5.35. The average Bonchev–Trinajstić information content (AvgIpc) is 2.37. The summed E-state index contributed by atoms with van der Waals surface area (Å²) in [6.45, 7) is 0.214. The predicted octanol–water partition coefficient (Wildman–Crippen LogP) is 3.46. The number of anilines is 2. The number of pyridine rings is 1. The molecule has 0 unspecified atom stereocenters. The van der Waals surface area contributed by atoms with Crippen molar-refractivity contribution in [3.05, 3.63) is 53.3 Å². The minimum absolute atomic E-state index is 0.0755. The van der Waals surface area contributed by atoms with Crippen molar-refractivity contribution in [2.24, 2.45) is 0 Å². The number of hydrogen-bond acceptors (Lipinski definition) is 3. The summed E-state index contributed by atoms with van der Waals surface area (Å²) in [7, 11) is 1.56. The quantitative estimate of drug-likeness (QED) is 0.883. The Hall–Kier alpha value is -2.31. The Morgan fingerprint density at radius 1 is 1.19 bits per heavy atom. The Balaban J connectivity index is 2.27. The summed E-state index contributed by atoms with van der Waals surface area (Å²) in [6.07, 6.45) is -4.49. The fourth-order valence-electron chi connectivity index (χ4n) is 1.89. The number of halogens is 4. The highest BCUT2D eigenvalue weighted by molar-refractivity contribution is 5.49. The first-order chi connectivity index (χ1) is 9.75. The first kappa shape index (κ1) is 15.1. The molecule has 2 N–H and O–H groups in total. The minimum atomic E-state index is -4.49. The Morgan fingerprint density at radius 3 is 2.52 bits per heavy atom. The summed E-state index contributed by atoms with van der Waals surface area (Å²) in [5.41, 5.74) is 5.17. The monoisotopic (exact) mass is 299 g/mol. The molecule has 0 atom stereocenters. The van der Waals surface area contributed by atoms with Crippen LogP contribution in [0.2, 0.25) is 0 Å². The van der Waals surface area contributed by atoms with Crippen LogP contribution in [0.4, 0.5) is 29.2 Å². The molecular weight excluding hydrogens is 286 g/mol. The smallest absolute Gasteiger partial charge is 0.384 e. The number of hydrogen-bond donors (Lipinski definition) is 1. The molecule has 0 aliphatic rings. The fourth-order valence-corrected chi connectivity index (χ4v) is 1.89. The number of nitrogens with zero attached hydrogens (tertiary/aromatic N) is 2. The van der Waals surface area contributed by atoms with Crippen molar-refractivity contribution in [1.82, 2.24) is 4.98 Å². The van der Waals surface area contributed by atoms with E-state index in [9.17, 15) is 17.6 Å². The maximum atomic E-state index is 13.1.